The SMILES string of the molecule is CCc1nc(SCC(=O)Nc2cc(Cl)ccc2OC)c(C#N)c2c1CCCC2. The van der Waals surface area contributed by atoms with Gasteiger partial charge in [0, 0.05) is 10.7 Å². The summed E-state index contributed by atoms with van der Waals surface area (Å²) in [4.78, 5) is 17.2. The quantitative estimate of drug-likeness (QED) is 0.686. The van der Waals surface area contributed by atoms with Gasteiger partial charge in [0.1, 0.15) is 16.8 Å². The maximum Gasteiger partial charge on any atom is 0.234 e. The molecule has 28 heavy (non-hydrogen) atoms. The van der Waals surface area contributed by atoms with Crippen molar-refractivity contribution >= 4 is 35.0 Å². The van der Waals surface area contributed by atoms with E-state index in [0.717, 1.165) is 43.4 Å². The molecular weight excluding hydrogens is 394 g/mol. The van der Waals surface area contributed by atoms with Gasteiger partial charge in [-0.15, -0.1) is 0 Å². The van der Waals surface area contributed by atoms with Gasteiger partial charge in [-0.1, -0.05) is 30.3 Å². The summed E-state index contributed by atoms with van der Waals surface area (Å²) in [5.41, 5.74) is 4.56. The third kappa shape index (κ3) is 4.43. The number of nitrogens with zero attached hydrogens (tertiary/aromatic N) is 2. The van der Waals surface area contributed by atoms with E-state index in [-0.39, 0.29) is 11.7 Å². The molecule has 0 saturated heterocycles. The molecule has 2 aromatic rings. The van der Waals surface area contributed by atoms with Crippen LogP contribution in [0.3, 0.4) is 0 Å². The molecule has 0 atom stereocenters. The molecule has 0 unspecified atom stereocenters. The second-order valence-electron chi connectivity index (χ2n) is 6.55. The second kappa shape index (κ2) is 9.31. The largest absolute Gasteiger partial charge is 0.495 e. The van der Waals surface area contributed by atoms with Gasteiger partial charge in [-0.05, 0) is 61.4 Å². The van der Waals surface area contributed by atoms with Gasteiger partial charge in [-0.25, -0.2) is 4.98 Å². The molecule has 146 valence electrons. The van der Waals surface area contributed by atoms with Crippen LogP contribution >= 0.6 is 23.4 Å². The molecule has 0 bridgehead atoms. The van der Waals surface area contributed by atoms with Crippen LogP contribution in [0.5, 0.6) is 5.75 Å². The van der Waals surface area contributed by atoms with Gasteiger partial charge >= 0.3 is 0 Å². The van der Waals surface area contributed by atoms with Gasteiger partial charge in [0.2, 0.25) is 5.91 Å². The first-order valence-electron chi connectivity index (χ1n) is 9.28. The summed E-state index contributed by atoms with van der Waals surface area (Å²) in [6.07, 6.45) is 4.96. The molecule has 0 radical (unpaired) electrons. The number of anilines is 1. The number of rotatable bonds is 6. The van der Waals surface area contributed by atoms with Crippen LogP contribution in [0.2, 0.25) is 5.02 Å². The highest BCUT2D eigenvalue weighted by molar-refractivity contribution is 8.00. The standard InChI is InChI=1S/C21H22ClN3O2S/c1-3-17-15-7-5-4-6-14(15)16(11-23)21(25-17)28-12-20(26)24-18-10-13(22)8-9-19(18)27-2/h8-10H,3-7,12H2,1-2H3,(H,24,26). The summed E-state index contributed by atoms with van der Waals surface area (Å²) >= 11 is 7.31. The molecule has 1 N–H and O–H groups in total. The monoisotopic (exact) mass is 415 g/mol. The van der Waals surface area contributed by atoms with Crippen LogP contribution in [0.1, 0.15) is 42.1 Å². The zero-order chi connectivity index (χ0) is 20.1. The Balaban J connectivity index is 1.78. The predicted octanol–water partition coefficient (Wildman–Crippen LogP) is 4.79. The van der Waals surface area contributed by atoms with E-state index < -0.39 is 0 Å². The van der Waals surface area contributed by atoms with E-state index >= 15 is 0 Å². The molecule has 1 aliphatic carbocycles. The molecule has 3 rings (SSSR count). The first kappa shape index (κ1) is 20.5. The average molecular weight is 416 g/mol. The fraction of sp³-hybridized carbons (Fsp3) is 0.381. The number of aryl methyl sites for hydroxylation is 1. The highest BCUT2D eigenvalue weighted by Crippen LogP contribution is 2.33. The molecule has 5 nitrogen and oxygen atoms in total. The first-order valence-corrected chi connectivity index (χ1v) is 10.6. The number of hydrogen-bond acceptors (Lipinski definition) is 5. The molecule has 1 amide bonds. The summed E-state index contributed by atoms with van der Waals surface area (Å²) in [5.74, 6) is 0.493. The number of nitrogens with one attached hydrogen (secondary N) is 1. The van der Waals surface area contributed by atoms with Crippen LogP contribution in [-0.2, 0) is 24.1 Å². The average Bonchev–Trinajstić information content (AvgIpc) is 2.71. The number of pyridine rings is 1. The minimum atomic E-state index is -0.202. The van der Waals surface area contributed by atoms with Crippen molar-refractivity contribution in [3.8, 4) is 11.8 Å². The van der Waals surface area contributed by atoms with Gasteiger partial charge in [-0.2, -0.15) is 5.26 Å². The fourth-order valence-electron chi connectivity index (χ4n) is 3.48. The van der Waals surface area contributed by atoms with E-state index in [4.69, 9.17) is 21.3 Å². The maximum atomic E-state index is 12.5. The number of thioether (sulfide) groups is 1. The Bertz CT molecular complexity index is 940. The van der Waals surface area contributed by atoms with Crippen LogP contribution in [0.4, 0.5) is 5.69 Å². The number of fused-ring (bicyclic) bond motifs is 1. The van der Waals surface area contributed by atoms with E-state index in [2.05, 4.69) is 18.3 Å². The lowest BCUT2D eigenvalue weighted by Crippen LogP contribution is -2.16. The lowest BCUT2D eigenvalue weighted by atomic mass is 9.87. The third-order valence-corrected chi connectivity index (χ3v) is 6.00. The molecule has 1 heterocycles. The van der Waals surface area contributed by atoms with Gasteiger partial charge in [-0.3, -0.25) is 4.79 Å². The van der Waals surface area contributed by atoms with Crippen LogP contribution in [0.15, 0.2) is 23.2 Å². The van der Waals surface area contributed by atoms with Crippen LogP contribution < -0.4 is 10.1 Å². The number of methoxy groups -OCH3 is 1. The van der Waals surface area contributed by atoms with Crippen molar-refractivity contribution in [2.24, 2.45) is 0 Å². The number of hydrogen-bond donors (Lipinski definition) is 1. The Kier molecular flexibility index (Phi) is 6.82. The molecule has 0 saturated carbocycles. The van der Waals surface area contributed by atoms with Gasteiger partial charge in [0.25, 0.3) is 0 Å². The zero-order valence-electron chi connectivity index (χ0n) is 16.0. The number of benzene rings is 1. The third-order valence-electron chi connectivity index (χ3n) is 4.79. The van der Waals surface area contributed by atoms with Crippen LogP contribution in [0.25, 0.3) is 0 Å². The molecule has 0 fully saturated rings. The summed E-state index contributed by atoms with van der Waals surface area (Å²) in [6.45, 7) is 2.08. The molecule has 0 aliphatic heterocycles. The van der Waals surface area contributed by atoms with Crippen LogP contribution in [-0.4, -0.2) is 23.8 Å². The van der Waals surface area contributed by atoms with Crippen LogP contribution in [0, 0.1) is 11.3 Å². The minimum absolute atomic E-state index is 0.152. The number of carbonyl (C=O) groups is 1. The Morgan fingerprint density at radius 2 is 2.11 bits per heavy atom. The highest BCUT2D eigenvalue weighted by atomic mass is 35.5. The molecule has 1 aliphatic rings. The Hall–Kier alpha value is -2.23. The zero-order valence-corrected chi connectivity index (χ0v) is 17.5. The fourth-order valence-corrected chi connectivity index (χ4v) is 4.48. The molecule has 7 heteroatoms. The maximum absolute atomic E-state index is 12.5. The Morgan fingerprint density at radius 1 is 1.36 bits per heavy atom. The highest BCUT2D eigenvalue weighted by Gasteiger charge is 2.22. The number of aromatic nitrogens is 1. The number of nitriles is 1. The number of ether oxygens (including phenoxy) is 1. The normalized spacial score (nSPS) is 12.8. The van der Waals surface area contributed by atoms with Gasteiger partial charge in [0.05, 0.1) is 24.1 Å². The minimum Gasteiger partial charge on any atom is -0.495 e. The molecule has 1 aromatic carbocycles. The first-order chi connectivity index (χ1) is 13.6. The second-order valence-corrected chi connectivity index (χ2v) is 7.95. The Morgan fingerprint density at radius 3 is 2.79 bits per heavy atom. The summed E-state index contributed by atoms with van der Waals surface area (Å²) < 4.78 is 5.26. The number of carbonyl (C=O) groups excluding carboxylic acids is 1. The van der Waals surface area contributed by atoms with Crippen molar-refractivity contribution in [2.75, 3.05) is 18.2 Å². The van der Waals surface area contributed by atoms with E-state index in [1.54, 1.807) is 18.2 Å². The van der Waals surface area contributed by atoms with Crippen molar-refractivity contribution in [3.63, 3.8) is 0 Å². The lowest BCUT2D eigenvalue weighted by Gasteiger charge is -2.21. The molecule has 1 aromatic heterocycles. The van der Waals surface area contributed by atoms with E-state index in [1.165, 1.54) is 24.4 Å². The van der Waals surface area contributed by atoms with Crippen molar-refractivity contribution in [2.45, 2.75) is 44.1 Å². The number of amides is 1. The van der Waals surface area contributed by atoms with Crippen molar-refractivity contribution < 1.29 is 9.53 Å². The van der Waals surface area contributed by atoms with E-state index in [9.17, 15) is 10.1 Å². The van der Waals surface area contributed by atoms with Crippen molar-refractivity contribution in [1.29, 1.82) is 5.26 Å². The summed E-state index contributed by atoms with van der Waals surface area (Å²) in [7, 11) is 1.54. The van der Waals surface area contributed by atoms with Crippen molar-refractivity contribution in [1.82, 2.24) is 4.98 Å². The van der Waals surface area contributed by atoms with Crippen molar-refractivity contribution in [3.05, 3.63) is 45.6 Å². The lowest BCUT2D eigenvalue weighted by molar-refractivity contribution is -0.113. The molecule has 0 spiro atoms. The van der Waals surface area contributed by atoms with Gasteiger partial charge < -0.3 is 10.1 Å². The molecular formula is C21H22ClN3O2S. The predicted molar refractivity (Wildman–Crippen MR) is 112 cm³/mol. The Labute approximate surface area is 174 Å². The van der Waals surface area contributed by atoms with Gasteiger partial charge in [0.15, 0.2) is 0 Å². The van der Waals surface area contributed by atoms with E-state index in [1.807, 2.05) is 0 Å². The topological polar surface area (TPSA) is 75.0 Å². The summed E-state index contributed by atoms with van der Waals surface area (Å²) in [5, 5.41) is 13.7. The van der Waals surface area contributed by atoms with E-state index in [0.29, 0.717) is 27.0 Å². The number of halogens is 1. The summed E-state index contributed by atoms with van der Waals surface area (Å²) in [6, 6.07) is 7.38. The smallest absolute Gasteiger partial charge is 0.234 e.